The maximum absolute atomic E-state index is 13.8. The first-order valence-corrected chi connectivity index (χ1v) is 5.69. The highest BCUT2D eigenvalue weighted by Crippen LogP contribution is 2.23. The van der Waals surface area contributed by atoms with Gasteiger partial charge in [-0.05, 0) is 6.07 Å². The van der Waals surface area contributed by atoms with E-state index in [9.17, 15) is 13.2 Å². The number of anilines is 1. The first-order valence-electron chi connectivity index (χ1n) is 5.69. The van der Waals surface area contributed by atoms with E-state index >= 15 is 0 Å². The number of rotatable bonds is 2. The molecule has 6 nitrogen and oxygen atoms in total. The van der Waals surface area contributed by atoms with Crippen LogP contribution in [0.1, 0.15) is 0 Å². The van der Waals surface area contributed by atoms with Crippen LogP contribution in [0.3, 0.4) is 0 Å². The molecule has 0 aliphatic heterocycles. The molecule has 2 N–H and O–H groups in total. The number of nitrogens with two attached hydrogens (primary N) is 1. The Kier molecular flexibility index (Phi) is 3.01. The van der Waals surface area contributed by atoms with Crippen molar-refractivity contribution in [1.82, 2.24) is 24.5 Å². The highest BCUT2D eigenvalue weighted by atomic mass is 19.2. The molecule has 0 saturated heterocycles. The molecular weight excluding hydrogens is 285 g/mol. The third kappa shape index (κ3) is 2.40. The highest BCUT2D eigenvalue weighted by molar-refractivity contribution is 5.57. The van der Waals surface area contributed by atoms with Gasteiger partial charge in [-0.1, -0.05) is 0 Å². The Morgan fingerprint density at radius 2 is 1.71 bits per heavy atom. The molecule has 3 rings (SSSR count). The summed E-state index contributed by atoms with van der Waals surface area (Å²) in [5.74, 6) is -3.83. The van der Waals surface area contributed by atoms with Gasteiger partial charge >= 0.3 is 0 Å². The Morgan fingerprint density at radius 1 is 0.952 bits per heavy atom. The van der Waals surface area contributed by atoms with Gasteiger partial charge in [0.2, 0.25) is 11.9 Å². The van der Waals surface area contributed by atoms with Gasteiger partial charge < -0.3 is 5.73 Å². The number of imidazole rings is 1. The molecule has 0 saturated carbocycles. The first kappa shape index (κ1) is 13.0. The number of benzene rings is 1. The van der Waals surface area contributed by atoms with Gasteiger partial charge in [0.05, 0.1) is 5.56 Å². The lowest BCUT2D eigenvalue weighted by molar-refractivity contribution is 0.496. The van der Waals surface area contributed by atoms with Crippen molar-refractivity contribution in [3.63, 3.8) is 0 Å². The van der Waals surface area contributed by atoms with Crippen molar-refractivity contribution in [2.75, 3.05) is 5.73 Å². The van der Waals surface area contributed by atoms with Crippen LogP contribution in [0.5, 0.6) is 0 Å². The van der Waals surface area contributed by atoms with Gasteiger partial charge in [0.1, 0.15) is 12.1 Å². The van der Waals surface area contributed by atoms with E-state index in [1.54, 1.807) is 6.20 Å². The predicted octanol–water partition coefficient (Wildman–Crippen LogP) is 1.72. The maximum atomic E-state index is 13.8. The standard InChI is InChI=1S/C12H7F3N6/c13-7-4-9(15)8(14)3-6(7)10-18-11(16)20-12(19-10)21-2-1-17-5-21/h1-5H,(H2,16,18,19,20). The van der Waals surface area contributed by atoms with E-state index in [0.717, 1.165) is 0 Å². The fraction of sp³-hybridized carbons (Fsp3) is 0. The van der Waals surface area contributed by atoms with Crippen LogP contribution in [0, 0.1) is 17.5 Å². The van der Waals surface area contributed by atoms with Gasteiger partial charge in [0.25, 0.3) is 0 Å². The largest absolute Gasteiger partial charge is 0.368 e. The summed E-state index contributed by atoms with van der Waals surface area (Å²) < 4.78 is 41.4. The minimum atomic E-state index is -1.30. The Balaban J connectivity index is 2.17. The topological polar surface area (TPSA) is 82.5 Å². The summed E-state index contributed by atoms with van der Waals surface area (Å²) in [5, 5.41) is 0. The molecule has 2 aromatic heterocycles. The molecule has 0 amide bonds. The molecular formula is C12H7F3N6. The smallest absolute Gasteiger partial charge is 0.240 e. The molecule has 0 spiro atoms. The third-order valence-corrected chi connectivity index (χ3v) is 2.63. The van der Waals surface area contributed by atoms with Crippen LogP contribution in [0.25, 0.3) is 17.3 Å². The lowest BCUT2D eigenvalue weighted by atomic mass is 10.2. The minimum absolute atomic E-state index is 0.0825. The molecule has 0 atom stereocenters. The molecule has 0 aliphatic carbocycles. The number of nitrogens with zero attached hydrogens (tertiary/aromatic N) is 5. The fourth-order valence-electron chi connectivity index (χ4n) is 1.69. The van der Waals surface area contributed by atoms with Gasteiger partial charge in [-0.3, -0.25) is 4.57 Å². The molecule has 3 aromatic rings. The van der Waals surface area contributed by atoms with Crippen LogP contribution in [0.4, 0.5) is 19.1 Å². The number of halogens is 3. The predicted molar refractivity (Wildman–Crippen MR) is 66.7 cm³/mol. The van der Waals surface area contributed by atoms with Crippen molar-refractivity contribution >= 4 is 5.95 Å². The van der Waals surface area contributed by atoms with Crippen LogP contribution in [0.15, 0.2) is 30.9 Å². The lowest BCUT2D eigenvalue weighted by Crippen LogP contribution is -2.07. The van der Waals surface area contributed by atoms with E-state index in [-0.39, 0.29) is 23.3 Å². The molecule has 0 unspecified atom stereocenters. The van der Waals surface area contributed by atoms with Gasteiger partial charge in [-0.25, -0.2) is 18.2 Å². The van der Waals surface area contributed by atoms with Gasteiger partial charge in [-0.2, -0.15) is 15.0 Å². The molecule has 0 fully saturated rings. The number of hydrogen-bond donors (Lipinski definition) is 1. The van der Waals surface area contributed by atoms with Crippen LogP contribution >= 0.6 is 0 Å². The van der Waals surface area contributed by atoms with Crippen LogP contribution in [-0.2, 0) is 0 Å². The van der Waals surface area contributed by atoms with Gasteiger partial charge in [-0.15, -0.1) is 0 Å². The zero-order valence-corrected chi connectivity index (χ0v) is 10.3. The average Bonchev–Trinajstić information content (AvgIpc) is 2.96. The van der Waals surface area contributed by atoms with Crippen molar-refractivity contribution in [1.29, 1.82) is 0 Å². The molecule has 21 heavy (non-hydrogen) atoms. The maximum Gasteiger partial charge on any atom is 0.240 e. The number of aromatic nitrogens is 5. The lowest BCUT2D eigenvalue weighted by Gasteiger charge is -2.06. The Bertz CT molecular complexity index is 803. The van der Waals surface area contributed by atoms with Crippen molar-refractivity contribution < 1.29 is 13.2 Å². The number of nitrogen functional groups attached to an aromatic ring is 1. The molecule has 0 radical (unpaired) electrons. The fourth-order valence-corrected chi connectivity index (χ4v) is 1.69. The van der Waals surface area contributed by atoms with E-state index in [1.165, 1.54) is 17.1 Å². The summed E-state index contributed by atoms with van der Waals surface area (Å²) in [4.78, 5) is 15.4. The van der Waals surface area contributed by atoms with Crippen LogP contribution in [-0.4, -0.2) is 24.5 Å². The van der Waals surface area contributed by atoms with Gasteiger partial charge in [0, 0.05) is 18.5 Å². The van der Waals surface area contributed by atoms with E-state index in [0.29, 0.717) is 12.1 Å². The summed E-state index contributed by atoms with van der Waals surface area (Å²) in [7, 11) is 0. The Morgan fingerprint density at radius 3 is 2.43 bits per heavy atom. The van der Waals surface area contributed by atoms with Crippen molar-refractivity contribution in [2.24, 2.45) is 0 Å². The molecule has 106 valence electrons. The molecule has 1 aromatic carbocycles. The van der Waals surface area contributed by atoms with Crippen molar-refractivity contribution in [3.8, 4) is 17.3 Å². The van der Waals surface area contributed by atoms with Gasteiger partial charge in [0.15, 0.2) is 17.5 Å². The molecule has 9 heteroatoms. The van der Waals surface area contributed by atoms with Crippen molar-refractivity contribution in [3.05, 3.63) is 48.3 Å². The summed E-state index contributed by atoms with van der Waals surface area (Å²) >= 11 is 0. The molecule has 2 heterocycles. The summed E-state index contributed by atoms with van der Waals surface area (Å²) in [6.45, 7) is 0. The SMILES string of the molecule is Nc1nc(-c2cc(F)c(F)cc2F)nc(-n2ccnc2)n1. The minimum Gasteiger partial charge on any atom is -0.368 e. The highest BCUT2D eigenvalue weighted by Gasteiger charge is 2.16. The van der Waals surface area contributed by atoms with Crippen LogP contribution in [0.2, 0.25) is 0 Å². The van der Waals surface area contributed by atoms with Crippen LogP contribution < -0.4 is 5.73 Å². The third-order valence-electron chi connectivity index (χ3n) is 2.63. The number of hydrogen-bond acceptors (Lipinski definition) is 5. The molecule has 0 aliphatic rings. The monoisotopic (exact) mass is 292 g/mol. The first-order chi connectivity index (χ1) is 10.0. The second-order valence-electron chi connectivity index (χ2n) is 4.03. The second-order valence-corrected chi connectivity index (χ2v) is 4.03. The summed E-state index contributed by atoms with van der Waals surface area (Å²) in [6, 6.07) is 1.08. The second kappa shape index (κ2) is 4.85. The van der Waals surface area contributed by atoms with Crippen molar-refractivity contribution in [2.45, 2.75) is 0 Å². The van der Waals surface area contributed by atoms with E-state index < -0.39 is 17.5 Å². The zero-order chi connectivity index (χ0) is 15.0. The Hall–Kier alpha value is -2.97. The van der Waals surface area contributed by atoms with E-state index in [1.807, 2.05) is 0 Å². The summed E-state index contributed by atoms with van der Waals surface area (Å²) in [6.07, 6.45) is 4.43. The van der Waals surface area contributed by atoms with E-state index in [4.69, 9.17) is 5.73 Å². The average molecular weight is 292 g/mol. The quantitative estimate of drug-likeness (QED) is 0.727. The Labute approximate surface area is 116 Å². The zero-order valence-electron chi connectivity index (χ0n) is 10.3. The summed E-state index contributed by atoms with van der Waals surface area (Å²) in [5.41, 5.74) is 5.22. The normalized spacial score (nSPS) is 10.8. The van der Waals surface area contributed by atoms with E-state index in [2.05, 4.69) is 19.9 Å². The molecule has 0 bridgehead atoms.